The third-order valence-electron chi connectivity index (χ3n) is 1.34. The normalized spacial score (nSPS) is 23.7. The lowest BCUT2D eigenvalue weighted by Gasteiger charge is -2.21. The smallest absolute Gasteiger partial charge is 0.306 e. The predicted molar refractivity (Wildman–Crippen MR) is 44.2 cm³/mol. The Bertz CT molecular complexity index is 193. The molecule has 0 spiro atoms. The van der Waals surface area contributed by atoms with Crippen molar-refractivity contribution in [3.05, 3.63) is 10.7 Å². The Kier molecular flexibility index (Phi) is 2.90. The van der Waals surface area contributed by atoms with Crippen LogP contribution in [0, 0.1) is 0 Å². The highest BCUT2D eigenvalue weighted by molar-refractivity contribution is 9.11. The maximum absolute atomic E-state index is 10.2. The first-order chi connectivity index (χ1) is 5.18. The van der Waals surface area contributed by atoms with Crippen LogP contribution in [0.5, 0.6) is 0 Å². The number of nitrogens with one attached hydrogen (secondary N) is 2. The van der Waals surface area contributed by atoms with Crippen LogP contribution in [0.2, 0.25) is 0 Å². The van der Waals surface area contributed by atoms with Gasteiger partial charge in [0.25, 0.3) is 0 Å². The number of halogens is 1. The van der Waals surface area contributed by atoms with Crippen LogP contribution in [-0.2, 0) is 4.79 Å². The molecule has 5 heteroatoms. The minimum Gasteiger partial charge on any atom is -0.481 e. The predicted octanol–water partition coefficient (Wildman–Crippen LogP) is 0.216. The van der Waals surface area contributed by atoms with Gasteiger partial charge in [-0.15, -0.1) is 0 Å². The van der Waals surface area contributed by atoms with Gasteiger partial charge in [-0.1, -0.05) is 15.9 Å². The Morgan fingerprint density at radius 3 is 3.09 bits per heavy atom. The molecule has 0 saturated heterocycles. The summed E-state index contributed by atoms with van der Waals surface area (Å²) in [4.78, 5) is 10.2. The van der Waals surface area contributed by atoms with Gasteiger partial charge < -0.3 is 10.4 Å². The molecule has 1 aliphatic rings. The van der Waals surface area contributed by atoms with E-state index in [9.17, 15) is 4.79 Å². The molecule has 1 atom stereocenters. The topological polar surface area (TPSA) is 61.4 Å². The maximum atomic E-state index is 10.2. The minimum atomic E-state index is -0.804. The summed E-state index contributed by atoms with van der Waals surface area (Å²) in [6.07, 6.45) is 1.72. The van der Waals surface area contributed by atoms with Gasteiger partial charge in [-0.25, -0.2) is 0 Å². The molecule has 0 aromatic rings. The van der Waals surface area contributed by atoms with Gasteiger partial charge in [0.2, 0.25) is 0 Å². The van der Waals surface area contributed by atoms with Crippen LogP contribution in [0.25, 0.3) is 0 Å². The second-order valence-electron chi connectivity index (χ2n) is 2.29. The van der Waals surface area contributed by atoms with Crippen molar-refractivity contribution in [2.75, 3.05) is 6.54 Å². The molecule has 0 aromatic carbocycles. The highest BCUT2D eigenvalue weighted by atomic mass is 79.9. The van der Waals surface area contributed by atoms with E-state index in [1.807, 2.05) is 0 Å². The van der Waals surface area contributed by atoms with E-state index in [1.54, 1.807) is 6.20 Å². The van der Waals surface area contributed by atoms with E-state index in [0.29, 0.717) is 6.54 Å². The van der Waals surface area contributed by atoms with Gasteiger partial charge in [-0.2, -0.15) is 0 Å². The van der Waals surface area contributed by atoms with Crippen LogP contribution < -0.4 is 10.6 Å². The Labute approximate surface area is 72.8 Å². The number of rotatable bonds is 2. The summed E-state index contributed by atoms with van der Waals surface area (Å²) in [7, 11) is 0. The van der Waals surface area contributed by atoms with Crippen molar-refractivity contribution >= 4 is 21.9 Å². The molecule has 1 aliphatic heterocycles. The first-order valence-corrected chi connectivity index (χ1v) is 4.03. The molecule has 1 rings (SSSR count). The Balaban J connectivity index is 2.35. The van der Waals surface area contributed by atoms with Crippen molar-refractivity contribution in [1.29, 1.82) is 0 Å². The fraction of sp³-hybridized carbons (Fsp3) is 0.500. The molecule has 1 heterocycles. The van der Waals surface area contributed by atoms with Gasteiger partial charge in [0.15, 0.2) is 0 Å². The summed E-state index contributed by atoms with van der Waals surface area (Å²) >= 11 is 3.27. The SMILES string of the molecule is O=C(O)CC1NC=C(Br)CN1. The number of carboxylic acid groups (broad SMARTS) is 1. The molecular weight excluding hydrogens is 212 g/mol. The standard InChI is InChI=1S/C6H9BrN2O2/c7-4-2-8-5(9-3-4)1-6(10)11/h2,5,8-9H,1,3H2,(H,10,11). The second-order valence-corrected chi connectivity index (χ2v) is 3.31. The van der Waals surface area contributed by atoms with E-state index in [2.05, 4.69) is 26.6 Å². The van der Waals surface area contributed by atoms with Gasteiger partial charge in [-0.3, -0.25) is 10.1 Å². The number of hydrogen-bond acceptors (Lipinski definition) is 3. The molecule has 0 fully saturated rings. The van der Waals surface area contributed by atoms with Gasteiger partial charge in [0, 0.05) is 17.2 Å². The Hall–Kier alpha value is -0.550. The van der Waals surface area contributed by atoms with Gasteiger partial charge >= 0.3 is 5.97 Å². The minimum absolute atomic E-state index is 0.0940. The molecule has 0 aliphatic carbocycles. The largest absolute Gasteiger partial charge is 0.481 e. The van der Waals surface area contributed by atoms with Gasteiger partial charge in [0.05, 0.1) is 12.6 Å². The first-order valence-electron chi connectivity index (χ1n) is 3.24. The van der Waals surface area contributed by atoms with E-state index in [0.717, 1.165) is 4.48 Å². The van der Waals surface area contributed by atoms with Crippen LogP contribution in [0.4, 0.5) is 0 Å². The fourth-order valence-corrected chi connectivity index (χ4v) is 1.12. The lowest BCUT2D eigenvalue weighted by atomic mass is 10.3. The monoisotopic (exact) mass is 220 g/mol. The zero-order valence-corrected chi connectivity index (χ0v) is 7.39. The summed E-state index contributed by atoms with van der Waals surface area (Å²) < 4.78 is 0.999. The fourth-order valence-electron chi connectivity index (χ4n) is 0.827. The molecule has 0 amide bonds. The number of carboxylic acids is 1. The van der Waals surface area contributed by atoms with Crippen molar-refractivity contribution in [1.82, 2.24) is 10.6 Å². The summed E-state index contributed by atoms with van der Waals surface area (Å²) in [5.41, 5.74) is 0. The molecule has 0 aromatic heterocycles. The van der Waals surface area contributed by atoms with Crippen LogP contribution >= 0.6 is 15.9 Å². The first kappa shape index (κ1) is 8.55. The molecule has 0 bridgehead atoms. The van der Waals surface area contributed by atoms with E-state index < -0.39 is 5.97 Å². The van der Waals surface area contributed by atoms with Crippen molar-refractivity contribution in [2.45, 2.75) is 12.6 Å². The van der Waals surface area contributed by atoms with E-state index in [-0.39, 0.29) is 12.6 Å². The van der Waals surface area contributed by atoms with Crippen LogP contribution in [0.1, 0.15) is 6.42 Å². The molecular formula is C6H9BrN2O2. The molecule has 1 unspecified atom stereocenters. The molecule has 3 N–H and O–H groups in total. The lowest BCUT2D eigenvalue weighted by molar-refractivity contribution is -0.137. The Morgan fingerprint density at radius 2 is 2.64 bits per heavy atom. The third-order valence-corrected chi connectivity index (χ3v) is 1.85. The zero-order chi connectivity index (χ0) is 8.27. The number of aliphatic carboxylic acids is 1. The Morgan fingerprint density at radius 1 is 1.91 bits per heavy atom. The van der Waals surface area contributed by atoms with Crippen molar-refractivity contribution in [3.63, 3.8) is 0 Å². The average molecular weight is 221 g/mol. The highest BCUT2D eigenvalue weighted by Crippen LogP contribution is 2.06. The molecule has 62 valence electrons. The average Bonchev–Trinajstić information content (AvgIpc) is 1.93. The van der Waals surface area contributed by atoms with Crippen molar-refractivity contribution in [3.8, 4) is 0 Å². The lowest BCUT2D eigenvalue weighted by Crippen LogP contribution is -2.45. The summed E-state index contributed by atoms with van der Waals surface area (Å²) in [5.74, 6) is -0.804. The number of carbonyl (C=O) groups is 1. The van der Waals surface area contributed by atoms with Crippen molar-refractivity contribution < 1.29 is 9.90 Å². The number of hydrogen-bond donors (Lipinski definition) is 3. The van der Waals surface area contributed by atoms with Crippen molar-refractivity contribution in [2.24, 2.45) is 0 Å². The van der Waals surface area contributed by atoms with Gasteiger partial charge in [0.1, 0.15) is 0 Å². The zero-order valence-electron chi connectivity index (χ0n) is 5.80. The van der Waals surface area contributed by atoms with Gasteiger partial charge in [-0.05, 0) is 0 Å². The molecule has 4 nitrogen and oxygen atoms in total. The third kappa shape index (κ3) is 2.90. The summed E-state index contributed by atoms with van der Waals surface area (Å²) in [5, 5.41) is 14.3. The molecule has 0 saturated carbocycles. The maximum Gasteiger partial charge on any atom is 0.306 e. The quantitative estimate of drug-likeness (QED) is 0.624. The summed E-state index contributed by atoms with van der Waals surface area (Å²) in [6.45, 7) is 0.685. The van der Waals surface area contributed by atoms with Crippen LogP contribution in [0.3, 0.4) is 0 Å². The van der Waals surface area contributed by atoms with Crippen LogP contribution in [0.15, 0.2) is 10.7 Å². The van der Waals surface area contributed by atoms with Crippen LogP contribution in [-0.4, -0.2) is 23.8 Å². The molecule has 0 radical (unpaired) electrons. The van der Waals surface area contributed by atoms with E-state index >= 15 is 0 Å². The molecule has 11 heavy (non-hydrogen) atoms. The van der Waals surface area contributed by atoms with E-state index in [1.165, 1.54) is 0 Å². The summed E-state index contributed by atoms with van der Waals surface area (Å²) in [6, 6.07) is 0. The highest BCUT2D eigenvalue weighted by Gasteiger charge is 2.13. The second kappa shape index (κ2) is 3.73. The van der Waals surface area contributed by atoms with E-state index in [4.69, 9.17) is 5.11 Å².